The van der Waals surface area contributed by atoms with Crippen molar-refractivity contribution in [3.05, 3.63) is 167 Å². The van der Waals surface area contributed by atoms with Gasteiger partial charge in [0.25, 0.3) is 0 Å². The minimum Gasteiger partial charge on any atom is -0.0619 e. The zero-order valence-corrected chi connectivity index (χ0v) is 22.3. The Hall–Kier alpha value is -4.94. The molecular weight excluding hydrogens is 480 g/mol. The summed E-state index contributed by atoms with van der Waals surface area (Å²) in [6.07, 6.45) is 0. The summed E-state index contributed by atoms with van der Waals surface area (Å²) in [7, 11) is 0. The maximum absolute atomic E-state index is 2.41. The molecule has 0 atom stereocenters. The van der Waals surface area contributed by atoms with Crippen LogP contribution in [0.1, 0.15) is 27.8 Å². The van der Waals surface area contributed by atoms with Crippen LogP contribution in [0.2, 0.25) is 0 Å². The third-order valence-electron chi connectivity index (χ3n) is 9.30. The van der Waals surface area contributed by atoms with Gasteiger partial charge in [-0.05, 0) is 90.2 Å². The molecule has 7 aromatic rings. The summed E-state index contributed by atoms with van der Waals surface area (Å²) in [5.74, 6) is 0. The average Bonchev–Trinajstić information content (AvgIpc) is 3.48. The molecule has 0 heterocycles. The van der Waals surface area contributed by atoms with E-state index in [9.17, 15) is 0 Å². The van der Waals surface area contributed by atoms with Crippen molar-refractivity contribution in [2.24, 2.45) is 0 Å². The van der Waals surface area contributed by atoms with Gasteiger partial charge in [0.05, 0.1) is 5.41 Å². The van der Waals surface area contributed by atoms with Gasteiger partial charge in [-0.1, -0.05) is 139 Å². The van der Waals surface area contributed by atoms with Crippen LogP contribution in [0.4, 0.5) is 0 Å². The predicted molar refractivity (Wildman–Crippen MR) is 168 cm³/mol. The molecule has 40 heavy (non-hydrogen) atoms. The van der Waals surface area contributed by atoms with E-state index >= 15 is 0 Å². The lowest BCUT2D eigenvalue weighted by molar-refractivity contribution is 0.802. The van der Waals surface area contributed by atoms with Crippen LogP contribution in [-0.2, 0) is 5.41 Å². The van der Waals surface area contributed by atoms with Gasteiger partial charge in [0.15, 0.2) is 0 Å². The van der Waals surface area contributed by atoms with Gasteiger partial charge in [0.2, 0.25) is 0 Å². The Morgan fingerprint density at radius 2 is 1.12 bits per heavy atom. The van der Waals surface area contributed by atoms with Crippen LogP contribution in [0, 0.1) is 6.92 Å². The molecule has 0 unspecified atom stereocenters. The van der Waals surface area contributed by atoms with Gasteiger partial charge in [-0.15, -0.1) is 0 Å². The molecule has 7 aromatic carbocycles. The van der Waals surface area contributed by atoms with Gasteiger partial charge in [-0.2, -0.15) is 0 Å². The smallest absolute Gasteiger partial charge is 0.0619 e. The Balaban J connectivity index is 1.46. The highest BCUT2D eigenvalue weighted by atomic mass is 14.5. The van der Waals surface area contributed by atoms with Gasteiger partial charge >= 0.3 is 0 Å². The Morgan fingerprint density at radius 3 is 1.93 bits per heavy atom. The Kier molecular flexibility index (Phi) is 4.28. The second-order valence-electron chi connectivity index (χ2n) is 11.3. The van der Waals surface area contributed by atoms with Crippen molar-refractivity contribution >= 4 is 21.5 Å². The fraction of sp³-hybridized carbons (Fsp3) is 0.0500. The summed E-state index contributed by atoms with van der Waals surface area (Å²) < 4.78 is 0. The minimum absolute atomic E-state index is 0.355. The topological polar surface area (TPSA) is 0 Å². The fourth-order valence-electron chi connectivity index (χ4n) is 7.75. The van der Waals surface area contributed by atoms with E-state index in [2.05, 4.69) is 146 Å². The fourth-order valence-corrected chi connectivity index (χ4v) is 7.75. The monoisotopic (exact) mass is 506 g/mol. The van der Waals surface area contributed by atoms with Crippen molar-refractivity contribution in [1.29, 1.82) is 0 Å². The first-order valence-electron chi connectivity index (χ1n) is 14.1. The molecule has 2 aliphatic carbocycles. The van der Waals surface area contributed by atoms with Crippen LogP contribution >= 0.6 is 0 Å². The van der Waals surface area contributed by atoms with E-state index in [0.717, 1.165) is 0 Å². The van der Waals surface area contributed by atoms with E-state index in [1.165, 1.54) is 82.7 Å². The first kappa shape index (κ1) is 21.9. The van der Waals surface area contributed by atoms with Crippen LogP contribution in [0.5, 0.6) is 0 Å². The molecule has 1 spiro atoms. The van der Waals surface area contributed by atoms with Crippen LogP contribution in [-0.4, -0.2) is 0 Å². The molecule has 9 rings (SSSR count). The zero-order valence-electron chi connectivity index (χ0n) is 22.3. The molecule has 0 bridgehead atoms. The van der Waals surface area contributed by atoms with Gasteiger partial charge < -0.3 is 0 Å². The number of hydrogen-bond donors (Lipinski definition) is 0. The van der Waals surface area contributed by atoms with Gasteiger partial charge in [-0.25, -0.2) is 0 Å². The van der Waals surface area contributed by atoms with Crippen molar-refractivity contribution in [3.8, 4) is 33.4 Å². The Morgan fingerprint density at radius 1 is 0.425 bits per heavy atom. The van der Waals surface area contributed by atoms with Crippen LogP contribution in [0.3, 0.4) is 0 Å². The second-order valence-corrected chi connectivity index (χ2v) is 11.3. The molecule has 0 amide bonds. The lowest BCUT2D eigenvalue weighted by Gasteiger charge is -2.31. The van der Waals surface area contributed by atoms with Crippen LogP contribution < -0.4 is 0 Å². The summed E-state index contributed by atoms with van der Waals surface area (Å²) in [6.45, 7) is 2.16. The summed E-state index contributed by atoms with van der Waals surface area (Å²) >= 11 is 0. The van der Waals surface area contributed by atoms with Crippen LogP contribution in [0.25, 0.3) is 54.9 Å². The van der Waals surface area contributed by atoms with E-state index in [1.807, 2.05) is 0 Å². The quantitative estimate of drug-likeness (QED) is 0.208. The van der Waals surface area contributed by atoms with E-state index in [1.54, 1.807) is 0 Å². The summed E-state index contributed by atoms with van der Waals surface area (Å²) in [5.41, 5.74) is 14.5. The summed E-state index contributed by atoms with van der Waals surface area (Å²) in [5, 5.41) is 5.24. The van der Waals surface area contributed by atoms with E-state index < -0.39 is 0 Å². The van der Waals surface area contributed by atoms with Crippen molar-refractivity contribution in [3.63, 3.8) is 0 Å². The highest BCUT2D eigenvalue weighted by Gasteiger charge is 2.52. The van der Waals surface area contributed by atoms with E-state index in [4.69, 9.17) is 0 Å². The zero-order chi connectivity index (χ0) is 26.4. The number of hydrogen-bond acceptors (Lipinski definition) is 0. The van der Waals surface area contributed by atoms with Gasteiger partial charge in [0, 0.05) is 0 Å². The third kappa shape index (κ3) is 2.66. The number of aryl methyl sites for hydroxylation is 1. The SMILES string of the molecule is Cc1cccc(-c2ccc3c4c(ccc3c2)-c2c(ccc3ccccc23)C42c3ccccc3-c3ccccc32)c1. The third-order valence-corrected chi connectivity index (χ3v) is 9.30. The number of fused-ring (bicyclic) bond motifs is 14. The maximum atomic E-state index is 2.41. The highest BCUT2D eigenvalue weighted by Crippen LogP contribution is 2.64. The van der Waals surface area contributed by atoms with Gasteiger partial charge in [-0.3, -0.25) is 0 Å². The average molecular weight is 507 g/mol. The van der Waals surface area contributed by atoms with Crippen molar-refractivity contribution in [2.75, 3.05) is 0 Å². The molecule has 0 heteroatoms. The molecule has 0 nitrogen and oxygen atoms in total. The van der Waals surface area contributed by atoms with Crippen molar-refractivity contribution in [1.82, 2.24) is 0 Å². The number of rotatable bonds is 1. The summed E-state index contributed by atoms with van der Waals surface area (Å²) in [6, 6.07) is 52.4. The molecule has 186 valence electrons. The van der Waals surface area contributed by atoms with Crippen molar-refractivity contribution in [2.45, 2.75) is 12.3 Å². The predicted octanol–water partition coefficient (Wildman–Crippen LogP) is 10.3. The van der Waals surface area contributed by atoms with E-state index in [0.29, 0.717) is 0 Å². The normalized spacial score (nSPS) is 13.8. The molecule has 0 aliphatic heterocycles. The maximum Gasteiger partial charge on any atom is 0.0731 e. The lowest BCUT2D eigenvalue weighted by Crippen LogP contribution is -2.26. The van der Waals surface area contributed by atoms with Crippen molar-refractivity contribution < 1.29 is 0 Å². The molecule has 0 N–H and O–H groups in total. The molecule has 0 aromatic heterocycles. The molecule has 0 saturated carbocycles. The van der Waals surface area contributed by atoms with Gasteiger partial charge in [0.1, 0.15) is 0 Å². The lowest BCUT2D eigenvalue weighted by atomic mass is 9.69. The first-order chi connectivity index (χ1) is 19.7. The molecule has 0 saturated heterocycles. The molecule has 0 radical (unpaired) electrons. The van der Waals surface area contributed by atoms with E-state index in [-0.39, 0.29) is 5.41 Å². The largest absolute Gasteiger partial charge is 0.0731 e. The molecular formula is C40H26. The summed E-state index contributed by atoms with van der Waals surface area (Å²) in [4.78, 5) is 0. The second kappa shape index (κ2) is 7.81. The molecule has 0 fully saturated rings. The van der Waals surface area contributed by atoms with Crippen LogP contribution in [0.15, 0.2) is 140 Å². The molecule has 2 aliphatic rings. The Labute approximate surface area is 234 Å². The highest BCUT2D eigenvalue weighted by molar-refractivity contribution is 6.11. The Bertz CT molecular complexity index is 2130. The minimum atomic E-state index is -0.355. The first-order valence-corrected chi connectivity index (χ1v) is 14.1. The number of benzene rings is 7. The standard InChI is InChI=1S/C40H26/c1-25-9-8-11-27(23-25)28-17-20-31-29(24-28)18-21-34-38-30-12-3-2-10-26(30)19-22-37(38)40(39(31)34)35-15-6-4-13-32(35)33-14-5-7-16-36(33)40/h2-24H,1H3.